The van der Waals surface area contributed by atoms with Gasteiger partial charge in [0.2, 0.25) is 15.9 Å². The van der Waals surface area contributed by atoms with Crippen LogP contribution in [0.3, 0.4) is 0 Å². The van der Waals surface area contributed by atoms with Gasteiger partial charge in [-0.05, 0) is 12.1 Å². The van der Waals surface area contributed by atoms with Crippen molar-refractivity contribution in [1.82, 2.24) is 24.4 Å². The van der Waals surface area contributed by atoms with Crippen LogP contribution in [0.4, 0.5) is 10.5 Å². The Balaban J connectivity index is 1.36. The lowest BCUT2D eigenvalue weighted by atomic mass is 10.00. The average molecular weight is 660 g/mol. The molecule has 2 aromatic carbocycles. The number of rotatable bonds is 9. The predicted molar refractivity (Wildman–Crippen MR) is 171 cm³/mol. The molecule has 11 nitrogen and oxygen atoms in total. The van der Waals surface area contributed by atoms with Crippen molar-refractivity contribution in [3.05, 3.63) is 75.9 Å². The molecule has 0 bridgehead atoms. The van der Waals surface area contributed by atoms with Crippen molar-refractivity contribution in [2.24, 2.45) is 0 Å². The van der Waals surface area contributed by atoms with Crippen LogP contribution in [-0.2, 0) is 21.4 Å². The number of anilines is 1. The molecule has 2 aliphatic heterocycles. The minimum absolute atomic E-state index is 0.109. The SMILES string of the molecule is COc1nc(-c2cccc(-c3cccc(NC(=O)C4=CN(C)C(=O)N(C)C4)c3Cl)c2Cl)ccc1CN1CC(NS(C)(=O)=O)C1. The van der Waals surface area contributed by atoms with Crippen LogP contribution in [0.15, 0.2) is 60.3 Å². The molecule has 3 amide bonds. The fraction of sp³-hybridized carbons (Fsp3) is 0.300. The molecule has 2 aliphatic rings. The highest BCUT2D eigenvalue weighted by atomic mass is 35.5. The van der Waals surface area contributed by atoms with E-state index in [1.807, 2.05) is 36.4 Å². The first kappa shape index (κ1) is 31.7. The van der Waals surface area contributed by atoms with Gasteiger partial charge in [-0.3, -0.25) is 9.69 Å². The first-order valence-electron chi connectivity index (χ1n) is 13.7. The van der Waals surface area contributed by atoms with Crippen LogP contribution in [0.1, 0.15) is 5.56 Å². The van der Waals surface area contributed by atoms with Crippen LogP contribution in [-0.4, -0.2) is 93.2 Å². The van der Waals surface area contributed by atoms with Gasteiger partial charge in [-0.15, -0.1) is 0 Å². The van der Waals surface area contributed by atoms with E-state index in [1.54, 1.807) is 33.3 Å². The maximum absolute atomic E-state index is 13.0. The van der Waals surface area contributed by atoms with Gasteiger partial charge < -0.3 is 19.9 Å². The number of carbonyl (C=O) groups is 2. The van der Waals surface area contributed by atoms with Gasteiger partial charge in [0.25, 0.3) is 5.91 Å². The van der Waals surface area contributed by atoms with Gasteiger partial charge >= 0.3 is 6.03 Å². The highest BCUT2D eigenvalue weighted by Crippen LogP contribution is 2.41. The Morgan fingerprint density at radius 3 is 2.34 bits per heavy atom. The van der Waals surface area contributed by atoms with Crippen molar-refractivity contribution in [1.29, 1.82) is 0 Å². The van der Waals surface area contributed by atoms with Crippen molar-refractivity contribution in [3.63, 3.8) is 0 Å². The van der Waals surface area contributed by atoms with Crippen LogP contribution >= 0.6 is 23.2 Å². The van der Waals surface area contributed by atoms with Gasteiger partial charge in [-0.25, -0.2) is 22.9 Å². The van der Waals surface area contributed by atoms with Crippen LogP contribution in [0.5, 0.6) is 5.88 Å². The fourth-order valence-electron chi connectivity index (χ4n) is 5.26. The summed E-state index contributed by atoms with van der Waals surface area (Å²) in [6, 6.07) is 14.3. The molecule has 3 heterocycles. The lowest BCUT2D eigenvalue weighted by Crippen LogP contribution is -2.58. The predicted octanol–water partition coefficient (Wildman–Crippen LogP) is 4.28. The van der Waals surface area contributed by atoms with E-state index in [-0.39, 0.29) is 24.5 Å². The van der Waals surface area contributed by atoms with Crippen LogP contribution in [0, 0.1) is 0 Å². The maximum Gasteiger partial charge on any atom is 0.323 e. The van der Waals surface area contributed by atoms with E-state index in [9.17, 15) is 18.0 Å². The molecule has 2 N–H and O–H groups in total. The van der Waals surface area contributed by atoms with Crippen LogP contribution in [0.2, 0.25) is 10.0 Å². The number of pyridine rings is 1. The third-order valence-electron chi connectivity index (χ3n) is 7.35. The van der Waals surface area contributed by atoms with Gasteiger partial charge in [-0.1, -0.05) is 59.6 Å². The Labute approximate surface area is 266 Å². The molecule has 1 saturated heterocycles. The molecule has 5 rings (SSSR count). The first-order valence-corrected chi connectivity index (χ1v) is 16.3. The van der Waals surface area contributed by atoms with E-state index in [0.717, 1.165) is 11.8 Å². The first-order chi connectivity index (χ1) is 20.8. The second kappa shape index (κ2) is 12.7. The number of sulfonamides is 1. The van der Waals surface area contributed by atoms with E-state index in [2.05, 4.69) is 14.9 Å². The topological polar surface area (TPSA) is 124 Å². The van der Waals surface area contributed by atoms with Crippen molar-refractivity contribution in [3.8, 4) is 28.3 Å². The number of hydrogen-bond donors (Lipinski definition) is 2. The van der Waals surface area contributed by atoms with Gasteiger partial charge in [-0.2, -0.15) is 0 Å². The molecule has 232 valence electrons. The van der Waals surface area contributed by atoms with Crippen molar-refractivity contribution in [2.75, 3.05) is 52.4 Å². The molecule has 0 unspecified atom stereocenters. The number of aromatic nitrogens is 1. The number of halogens is 2. The molecule has 0 aliphatic carbocycles. The smallest absolute Gasteiger partial charge is 0.323 e. The molecule has 14 heteroatoms. The summed E-state index contributed by atoms with van der Waals surface area (Å²) in [5.74, 6) is 0.0770. The number of likely N-dealkylation sites (N-methyl/N-ethyl adjacent to an activating group) is 1. The number of nitrogens with zero attached hydrogens (tertiary/aromatic N) is 4. The molecule has 1 fully saturated rings. The molecule has 0 radical (unpaired) electrons. The van der Waals surface area contributed by atoms with Crippen LogP contribution in [0.25, 0.3) is 22.4 Å². The summed E-state index contributed by atoms with van der Waals surface area (Å²) < 4.78 is 31.2. The number of likely N-dealkylation sites (tertiary alicyclic amines) is 1. The van der Waals surface area contributed by atoms with E-state index < -0.39 is 10.0 Å². The fourth-order valence-corrected chi connectivity index (χ4v) is 6.62. The summed E-state index contributed by atoms with van der Waals surface area (Å²) in [6.07, 6.45) is 2.67. The summed E-state index contributed by atoms with van der Waals surface area (Å²) in [7, 11) is 1.52. The lowest BCUT2D eigenvalue weighted by molar-refractivity contribution is -0.113. The van der Waals surface area contributed by atoms with Crippen LogP contribution < -0.4 is 14.8 Å². The van der Waals surface area contributed by atoms with E-state index in [4.69, 9.17) is 32.9 Å². The summed E-state index contributed by atoms with van der Waals surface area (Å²) >= 11 is 13.8. The maximum atomic E-state index is 13.0. The van der Waals surface area contributed by atoms with Crippen molar-refractivity contribution in [2.45, 2.75) is 12.6 Å². The molecule has 44 heavy (non-hydrogen) atoms. The molecule has 0 spiro atoms. The average Bonchev–Trinajstić information content (AvgIpc) is 2.95. The Bertz CT molecular complexity index is 1760. The monoisotopic (exact) mass is 658 g/mol. The van der Waals surface area contributed by atoms with Crippen molar-refractivity contribution >= 4 is 50.9 Å². The number of urea groups is 1. The van der Waals surface area contributed by atoms with Gasteiger partial charge in [0.05, 0.1) is 46.9 Å². The normalized spacial score (nSPS) is 16.0. The number of benzene rings is 2. The Hall–Kier alpha value is -3.68. The third-order valence-corrected chi connectivity index (χ3v) is 8.93. The second-order valence-electron chi connectivity index (χ2n) is 10.8. The highest BCUT2D eigenvalue weighted by molar-refractivity contribution is 7.88. The zero-order valence-electron chi connectivity index (χ0n) is 24.6. The second-order valence-corrected chi connectivity index (χ2v) is 13.4. The highest BCUT2D eigenvalue weighted by Gasteiger charge is 2.30. The third kappa shape index (κ3) is 6.84. The standard InChI is InChI=1S/C30H32Cl2N6O5S/c1-36-13-19(14-37(2)30(36)40)28(39)33-25-10-6-8-22(27(25)32)21-7-5-9-23(26(21)31)24-12-11-18(29(34-24)43-3)15-38-16-20(17-38)35-44(4,41)42/h5-13,20,35H,14-17H2,1-4H3,(H,33,39). The number of amides is 3. The molecule has 0 atom stereocenters. The Kier molecular flexibility index (Phi) is 9.19. The largest absolute Gasteiger partial charge is 0.481 e. The molecular weight excluding hydrogens is 627 g/mol. The van der Waals surface area contributed by atoms with Gasteiger partial charge in [0.1, 0.15) is 0 Å². The molecule has 0 saturated carbocycles. The summed E-state index contributed by atoms with van der Waals surface area (Å²) in [5, 5.41) is 3.60. The van der Waals surface area contributed by atoms with E-state index in [0.29, 0.717) is 69.2 Å². The molecule has 3 aromatic rings. The van der Waals surface area contributed by atoms with E-state index >= 15 is 0 Å². The number of nitrogens with one attached hydrogen (secondary N) is 2. The van der Waals surface area contributed by atoms with Crippen molar-refractivity contribution < 1.29 is 22.7 Å². The quantitative estimate of drug-likeness (QED) is 0.352. The summed E-state index contributed by atoms with van der Waals surface area (Å²) in [5.41, 5.74) is 4.23. The number of ether oxygens (including phenoxy) is 1. The number of methoxy groups -OCH3 is 1. The molecular formula is C30H32Cl2N6O5S. The summed E-state index contributed by atoms with van der Waals surface area (Å²) in [4.78, 5) is 34.7. The van der Waals surface area contributed by atoms with E-state index in [1.165, 1.54) is 16.0 Å². The lowest BCUT2D eigenvalue weighted by Gasteiger charge is -2.39. The Morgan fingerprint density at radius 2 is 1.68 bits per heavy atom. The summed E-state index contributed by atoms with van der Waals surface area (Å²) in [6.45, 7) is 1.92. The zero-order chi connectivity index (χ0) is 31.8. The van der Waals surface area contributed by atoms with Gasteiger partial charge in [0.15, 0.2) is 0 Å². The van der Waals surface area contributed by atoms with Gasteiger partial charge in [0, 0.05) is 68.2 Å². The minimum atomic E-state index is -3.25. The minimum Gasteiger partial charge on any atom is -0.481 e. The number of hydrogen-bond acceptors (Lipinski definition) is 7. The zero-order valence-corrected chi connectivity index (χ0v) is 26.9. The Morgan fingerprint density at radius 1 is 1.02 bits per heavy atom. The number of carbonyl (C=O) groups excluding carboxylic acids is 2. The molecule has 1 aromatic heterocycles.